The van der Waals surface area contributed by atoms with Gasteiger partial charge >= 0.3 is 5.97 Å². The fraction of sp³-hybridized carbons (Fsp3) is 0.364. The molecule has 86 valence electrons. The van der Waals surface area contributed by atoms with Crippen LogP contribution in [-0.2, 0) is 16.0 Å². The molecule has 1 heterocycles. The van der Waals surface area contributed by atoms with E-state index in [1.807, 2.05) is 12.1 Å². The predicted molar refractivity (Wildman–Crippen MR) is 57.8 cm³/mol. The standard InChI is InChI=1S/C11H14N2O3/c1-13(10(14)7-11(15)16)6-4-9-3-2-5-12-8-9/h2-3,5,8H,4,6-7H2,1H3,(H,15,16). The first-order chi connectivity index (χ1) is 7.59. The van der Waals surface area contributed by atoms with E-state index in [1.54, 1.807) is 19.4 Å². The molecule has 0 radical (unpaired) electrons. The first-order valence-electron chi connectivity index (χ1n) is 4.94. The van der Waals surface area contributed by atoms with E-state index in [0.29, 0.717) is 13.0 Å². The van der Waals surface area contributed by atoms with Gasteiger partial charge in [-0.15, -0.1) is 0 Å². The van der Waals surface area contributed by atoms with Gasteiger partial charge in [0.15, 0.2) is 0 Å². The number of carbonyl (C=O) groups excluding carboxylic acids is 1. The van der Waals surface area contributed by atoms with Crippen molar-refractivity contribution in [2.45, 2.75) is 12.8 Å². The lowest BCUT2D eigenvalue weighted by Crippen LogP contribution is -2.30. The van der Waals surface area contributed by atoms with Crippen LogP contribution in [0.15, 0.2) is 24.5 Å². The number of hydrogen-bond acceptors (Lipinski definition) is 3. The zero-order valence-electron chi connectivity index (χ0n) is 9.09. The molecule has 1 N–H and O–H groups in total. The molecule has 0 aliphatic carbocycles. The molecule has 1 rings (SSSR count). The van der Waals surface area contributed by atoms with Crippen molar-refractivity contribution < 1.29 is 14.7 Å². The first-order valence-corrected chi connectivity index (χ1v) is 4.94. The summed E-state index contributed by atoms with van der Waals surface area (Å²) < 4.78 is 0. The van der Waals surface area contributed by atoms with Crippen molar-refractivity contribution in [3.63, 3.8) is 0 Å². The monoisotopic (exact) mass is 222 g/mol. The number of pyridine rings is 1. The number of aliphatic carboxylic acids is 1. The van der Waals surface area contributed by atoms with Crippen molar-refractivity contribution in [2.24, 2.45) is 0 Å². The van der Waals surface area contributed by atoms with E-state index >= 15 is 0 Å². The van der Waals surface area contributed by atoms with Gasteiger partial charge in [-0.1, -0.05) is 6.07 Å². The minimum atomic E-state index is -1.10. The van der Waals surface area contributed by atoms with E-state index in [0.717, 1.165) is 5.56 Å². The molecule has 0 aliphatic rings. The fourth-order valence-electron chi connectivity index (χ4n) is 1.23. The van der Waals surface area contributed by atoms with Gasteiger partial charge in [0.2, 0.25) is 5.91 Å². The molecule has 0 unspecified atom stereocenters. The molecular weight excluding hydrogens is 208 g/mol. The molecule has 0 atom stereocenters. The van der Waals surface area contributed by atoms with Gasteiger partial charge < -0.3 is 10.0 Å². The Labute approximate surface area is 93.7 Å². The third kappa shape index (κ3) is 4.08. The lowest BCUT2D eigenvalue weighted by molar-refractivity contribution is -0.143. The Hall–Kier alpha value is -1.91. The van der Waals surface area contributed by atoms with Gasteiger partial charge in [-0.05, 0) is 18.1 Å². The molecule has 0 spiro atoms. The lowest BCUT2D eigenvalue weighted by atomic mass is 10.2. The van der Waals surface area contributed by atoms with Crippen LogP contribution < -0.4 is 0 Å². The third-order valence-corrected chi connectivity index (χ3v) is 2.19. The van der Waals surface area contributed by atoms with E-state index in [2.05, 4.69) is 4.98 Å². The Bertz CT molecular complexity index is 365. The van der Waals surface area contributed by atoms with Crippen molar-refractivity contribution in [1.82, 2.24) is 9.88 Å². The molecule has 16 heavy (non-hydrogen) atoms. The van der Waals surface area contributed by atoms with Crippen molar-refractivity contribution in [3.05, 3.63) is 30.1 Å². The molecule has 0 aromatic carbocycles. The lowest BCUT2D eigenvalue weighted by Gasteiger charge is -2.15. The van der Waals surface area contributed by atoms with Crippen molar-refractivity contribution in [3.8, 4) is 0 Å². The van der Waals surface area contributed by atoms with Crippen LogP contribution in [0.4, 0.5) is 0 Å². The smallest absolute Gasteiger partial charge is 0.312 e. The maximum Gasteiger partial charge on any atom is 0.312 e. The number of carboxylic acid groups (broad SMARTS) is 1. The van der Waals surface area contributed by atoms with Gasteiger partial charge in [0.25, 0.3) is 0 Å². The highest BCUT2D eigenvalue weighted by atomic mass is 16.4. The molecule has 0 saturated heterocycles. The van der Waals surface area contributed by atoms with E-state index in [-0.39, 0.29) is 5.91 Å². The SMILES string of the molecule is CN(CCc1cccnc1)C(=O)CC(=O)O. The summed E-state index contributed by atoms with van der Waals surface area (Å²) >= 11 is 0. The highest BCUT2D eigenvalue weighted by molar-refractivity contribution is 5.93. The van der Waals surface area contributed by atoms with Crippen molar-refractivity contribution in [1.29, 1.82) is 0 Å². The van der Waals surface area contributed by atoms with Gasteiger partial charge in [-0.25, -0.2) is 0 Å². The summed E-state index contributed by atoms with van der Waals surface area (Å²) in [5, 5.41) is 8.46. The van der Waals surface area contributed by atoms with Crippen LogP contribution in [0.3, 0.4) is 0 Å². The summed E-state index contributed by atoms with van der Waals surface area (Å²) in [5.41, 5.74) is 1.03. The van der Waals surface area contributed by atoms with Gasteiger partial charge in [0, 0.05) is 26.0 Å². The van der Waals surface area contributed by atoms with Crippen LogP contribution in [0.25, 0.3) is 0 Å². The Kier molecular flexibility index (Phi) is 4.44. The van der Waals surface area contributed by atoms with Gasteiger partial charge in [0.05, 0.1) is 0 Å². The molecule has 5 heteroatoms. The van der Waals surface area contributed by atoms with Crippen molar-refractivity contribution in [2.75, 3.05) is 13.6 Å². The Morgan fingerprint density at radius 3 is 2.81 bits per heavy atom. The van der Waals surface area contributed by atoms with E-state index in [4.69, 9.17) is 5.11 Å². The number of likely N-dealkylation sites (N-methyl/N-ethyl adjacent to an activating group) is 1. The maximum absolute atomic E-state index is 11.3. The number of carboxylic acids is 1. The van der Waals surface area contributed by atoms with Crippen LogP contribution >= 0.6 is 0 Å². The Morgan fingerprint density at radius 1 is 1.50 bits per heavy atom. The average molecular weight is 222 g/mol. The second-order valence-corrected chi connectivity index (χ2v) is 3.50. The minimum absolute atomic E-state index is 0.378. The van der Waals surface area contributed by atoms with Gasteiger partial charge in [0.1, 0.15) is 6.42 Å². The molecular formula is C11H14N2O3. The second kappa shape index (κ2) is 5.85. The number of nitrogens with zero attached hydrogens (tertiary/aromatic N) is 2. The van der Waals surface area contributed by atoms with Crippen LogP contribution in [-0.4, -0.2) is 40.5 Å². The zero-order chi connectivity index (χ0) is 12.0. The fourth-order valence-corrected chi connectivity index (χ4v) is 1.23. The molecule has 1 aromatic heterocycles. The first kappa shape index (κ1) is 12.2. The maximum atomic E-state index is 11.3. The highest BCUT2D eigenvalue weighted by Crippen LogP contribution is 1.99. The highest BCUT2D eigenvalue weighted by Gasteiger charge is 2.12. The number of carbonyl (C=O) groups is 2. The van der Waals surface area contributed by atoms with Gasteiger partial charge in [-0.3, -0.25) is 14.6 Å². The van der Waals surface area contributed by atoms with Crippen LogP contribution in [0.2, 0.25) is 0 Å². The predicted octanol–water partition coefficient (Wildman–Crippen LogP) is 0.557. The van der Waals surface area contributed by atoms with E-state index in [1.165, 1.54) is 4.90 Å². The zero-order valence-corrected chi connectivity index (χ0v) is 9.09. The largest absolute Gasteiger partial charge is 0.481 e. The quantitative estimate of drug-likeness (QED) is 0.739. The van der Waals surface area contributed by atoms with E-state index < -0.39 is 12.4 Å². The molecule has 0 aliphatic heterocycles. The third-order valence-electron chi connectivity index (χ3n) is 2.19. The molecule has 1 aromatic rings. The Balaban J connectivity index is 2.38. The number of amides is 1. The summed E-state index contributed by atoms with van der Waals surface area (Å²) in [7, 11) is 1.60. The van der Waals surface area contributed by atoms with Crippen molar-refractivity contribution >= 4 is 11.9 Å². The molecule has 5 nitrogen and oxygen atoms in total. The molecule has 1 amide bonds. The second-order valence-electron chi connectivity index (χ2n) is 3.50. The van der Waals surface area contributed by atoms with Crippen LogP contribution in [0.5, 0.6) is 0 Å². The number of aromatic nitrogens is 1. The number of rotatable bonds is 5. The van der Waals surface area contributed by atoms with Gasteiger partial charge in [-0.2, -0.15) is 0 Å². The average Bonchev–Trinajstić information content (AvgIpc) is 2.26. The molecule has 0 bridgehead atoms. The normalized spacial score (nSPS) is 9.81. The van der Waals surface area contributed by atoms with Crippen LogP contribution in [0.1, 0.15) is 12.0 Å². The molecule has 0 fully saturated rings. The Morgan fingerprint density at radius 2 is 2.25 bits per heavy atom. The summed E-state index contributed by atoms with van der Waals surface area (Å²) in [4.78, 5) is 27.0. The molecule has 0 saturated carbocycles. The summed E-state index contributed by atoms with van der Waals surface area (Å²) in [5.74, 6) is -1.48. The summed E-state index contributed by atoms with van der Waals surface area (Å²) in [6, 6.07) is 3.75. The number of hydrogen-bond donors (Lipinski definition) is 1. The van der Waals surface area contributed by atoms with E-state index in [9.17, 15) is 9.59 Å². The topological polar surface area (TPSA) is 70.5 Å². The minimum Gasteiger partial charge on any atom is -0.481 e. The van der Waals surface area contributed by atoms with Crippen LogP contribution in [0, 0.1) is 0 Å². The summed E-state index contributed by atoms with van der Waals surface area (Å²) in [6.07, 6.45) is 3.64. The summed E-state index contributed by atoms with van der Waals surface area (Å²) in [6.45, 7) is 0.498.